The number of nitrogens with two attached hydrogens (primary N) is 1. The zero-order chi connectivity index (χ0) is 29.0. The number of likely N-dealkylation sites (tertiary alicyclic amines) is 1. The van der Waals surface area contributed by atoms with Crippen LogP contribution in [0.2, 0.25) is 0 Å². The highest BCUT2D eigenvalue weighted by molar-refractivity contribution is 6.04. The van der Waals surface area contributed by atoms with Crippen LogP contribution in [0.25, 0.3) is 0 Å². The molecule has 3 aromatic rings. The van der Waals surface area contributed by atoms with E-state index in [0.29, 0.717) is 23.4 Å². The number of amides is 3. The molecule has 2 atom stereocenters. The molecule has 1 fully saturated rings. The van der Waals surface area contributed by atoms with E-state index in [1.807, 2.05) is 84.9 Å². The Bertz CT molecular complexity index is 1460. The van der Waals surface area contributed by atoms with Gasteiger partial charge in [0.05, 0.1) is 12.3 Å². The number of carbonyl (C=O) groups is 3. The first-order valence-corrected chi connectivity index (χ1v) is 13.8. The summed E-state index contributed by atoms with van der Waals surface area (Å²) in [7, 11) is 0. The first-order valence-electron chi connectivity index (χ1n) is 13.8. The van der Waals surface area contributed by atoms with Gasteiger partial charge in [-0.15, -0.1) is 0 Å². The van der Waals surface area contributed by atoms with Crippen molar-refractivity contribution in [2.75, 3.05) is 11.9 Å². The average Bonchev–Trinajstić information content (AvgIpc) is 3.60. The molecule has 1 saturated heterocycles. The predicted octanol–water partition coefficient (Wildman–Crippen LogP) is 4.76. The molecule has 0 aliphatic carbocycles. The summed E-state index contributed by atoms with van der Waals surface area (Å²) in [6.45, 7) is 3.71. The quantitative estimate of drug-likeness (QED) is 0.394. The van der Waals surface area contributed by atoms with Crippen molar-refractivity contribution in [3.8, 4) is 0 Å². The van der Waals surface area contributed by atoms with Crippen LogP contribution in [-0.2, 0) is 19.2 Å². The smallest absolute Gasteiger partial charge is 0.249 e. The van der Waals surface area contributed by atoms with Crippen LogP contribution in [0.4, 0.5) is 5.69 Å². The van der Waals surface area contributed by atoms with Gasteiger partial charge >= 0.3 is 0 Å². The summed E-state index contributed by atoms with van der Waals surface area (Å²) in [5, 5.41) is 7.39. The fourth-order valence-corrected chi connectivity index (χ4v) is 5.61. The molecule has 2 aliphatic heterocycles. The van der Waals surface area contributed by atoms with Gasteiger partial charge in [-0.25, -0.2) is 0 Å². The van der Waals surface area contributed by atoms with Gasteiger partial charge in [0, 0.05) is 42.0 Å². The minimum absolute atomic E-state index is 0.0783. The van der Waals surface area contributed by atoms with E-state index in [-0.39, 0.29) is 37.1 Å². The second kappa shape index (κ2) is 11.8. The van der Waals surface area contributed by atoms with Gasteiger partial charge in [-0.1, -0.05) is 84.0 Å². The largest absolute Gasteiger partial charge is 0.387 e. The number of rotatable bonds is 8. The molecule has 210 valence electrons. The third kappa shape index (κ3) is 6.06. The van der Waals surface area contributed by atoms with E-state index in [9.17, 15) is 14.4 Å². The summed E-state index contributed by atoms with van der Waals surface area (Å²) < 4.78 is 0. The summed E-state index contributed by atoms with van der Waals surface area (Å²) in [5.74, 6) is -0.982. The monoisotopic (exact) mass is 550 g/mol. The van der Waals surface area contributed by atoms with E-state index in [4.69, 9.17) is 10.6 Å². The van der Waals surface area contributed by atoms with Gasteiger partial charge in [0.1, 0.15) is 6.04 Å². The van der Waals surface area contributed by atoms with Crippen LogP contribution in [-0.4, -0.2) is 46.5 Å². The van der Waals surface area contributed by atoms with E-state index in [0.717, 1.165) is 16.7 Å². The van der Waals surface area contributed by atoms with Crippen LogP contribution >= 0.6 is 0 Å². The average molecular weight is 551 g/mol. The summed E-state index contributed by atoms with van der Waals surface area (Å²) in [6, 6.07) is 26.7. The molecular weight excluding hydrogens is 516 g/mol. The Balaban J connectivity index is 1.28. The van der Waals surface area contributed by atoms with Crippen molar-refractivity contribution in [1.82, 2.24) is 4.90 Å². The highest BCUT2D eigenvalue weighted by Gasteiger charge is 2.53. The summed E-state index contributed by atoms with van der Waals surface area (Å²) in [4.78, 5) is 45.7. The minimum Gasteiger partial charge on any atom is -0.387 e. The minimum atomic E-state index is -0.823. The van der Waals surface area contributed by atoms with Gasteiger partial charge in [-0.05, 0) is 37.1 Å². The molecule has 41 heavy (non-hydrogen) atoms. The van der Waals surface area contributed by atoms with Crippen LogP contribution < -0.4 is 11.1 Å². The Labute approximate surface area is 239 Å². The van der Waals surface area contributed by atoms with Gasteiger partial charge in [-0.3, -0.25) is 14.4 Å². The maximum absolute atomic E-state index is 13.2. The number of nitrogens with one attached hydrogen (secondary N) is 1. The maximum Gasteiger partial charge on any atom is 0.249 e. The molecule has 3 amide bonds. The van der Waals surface area contributed by atoms with E-state index >= 15 is 0 Å². The van der Waals surface area contributed by atoms with E-state index in [1.165, 1.54) is 4.90 Å². The van der Waals surface area contributed by atoms with Crippen LogP contribution in [0.15, 0.2) is 102 Å². The Kier molecular flexibility index (Phi) is 8.01. The topological polar surface area (TPSA) is 114 Å². The van der Waals surface area contributed by atoms with Gasteiger partial charge in [0.15, 0.2) is 5.60 Å². The number of primary amides is 1. The molecule has 1 spiro atoms. The van der Waals surface area contributed by atoms with E-state index in [1.54, 1.807) is 19.9 Å². The molecule has 0 aromatic heterocycles. The van der Waals surface area contributed by atoms with Crippen molar-refractivity contribution in [2.45, 2.75) is 50.7 Å². The number of anilines is 1. The molecule has 2 aliphatic rings. The molecule has 1 unspecified atom stereocenters. The van der Waals surface area contributed by atoms with Crippen molar-refractivity contribution in [1.29, 1.82) is 0 Å². The summed E-state index contributed by atoms with van der Waals surface area (Å²) >= 11 is 0. The van der Waals surface area contributed by atoms with E-state index < -0.39 is 17.6 Å². The lowest BCUT2D eigenvalue weighted by molar-refractivity contribution is -0.134. The number of allylic oxidation sites excluding steroid dienone is 1. The van der Waals surface area contributed by atoms with Crippen LogP contribution in [0.5, 0.6) is 0 Å². The number of carbonyl (C=O) groups excluding carboxylic acids is 3. The molecule has 5 rings (SSSR count). The number of hydrogen-bond donors (Lipinski definition) is 2. The second-order valence-electron chi connectivity index (χ2n) is 10.7. The van der Waals surface area contributed by atoms with Crippen molar-refractivity contribution < 1.29 is 19.2 Å². The second-order valence-corrected chi connectivity index (χ2v) is 10.7. The molecule has 3 N–H and O–H groups in total. The lowest BCUT2D eigenvalue weighted by Crippen LogP contribution is -2.44. The Morgan fingerprint density at radius 3 is 2.32 bits per heavy atom. The maximum atomic E-state index is 13.2. The van der Waals surface area contributed by atoms with Crippen LogP contribution in [0.3, 0.4) is 0 Å². The van der Waals surface area contributed by atoms with Gasteiger partial charge in [0.2, 0.25) is 17.7 Å². The highest BCUT2D eigenvalue weighted by Crippen LogP contribution is 2.39. The van der Waals surface area contributed by atoms with Gasteiger partial charge in [-0.2, -0.15) is 0 Å². The van der Waals surface area contributed by atoms with E-state index in [2.05, 4.69) is 10.5 Å². The SMILES string of the molecule is C/C=C(\C)C(=O)N1CC2(CC(c3cccc(NC(=O)CC(c4ccccc4)c4ccccc4)c3)=NO2)C[C@H]1C(N)=O. The first kappa shape index (κ1) is 27.8. The van der Waals surface area contributed by atoms with Crippen molar-refractivity contribution in [2.24, 2.45) is 10.9 Å². The molecule has 0 bridgehead atoms. The molecular formula is C33H34N4O4. The molecule has 0 radical (unpaired) electrons. The number of oxime groups is 1. The first-order chi connectivity index (χ1) is 19.8. The zero-order valence-electron chi connectivity index (χ0n) is 23.2. The summed E-state index contributed by atoms with van der Waals surface area (Å²) in [5.41, 5.74) is 9.66. The normalized spacial score (nSPS) is 20.2. The Hall–Kier alpha value is -4.72. The lowest BCUT2D eigenvalue weighted by atomic mass is 9.88. The fourth-order valence-electron chi connectivity index (χ4n) is 5.61. The Morgan fingerprint density at radius 1 is 1.05 bits per heavy atom. The molecule has 3 aromatic carbocycles. The lowest BCUT2D eigenvalue weighted by Gasteiger charge is -2.23. The summed E-state index contributed by atoms with van der Waals surface area (Å²) in [6.07, 6.45) is 2.69. The molecule has 2 heterocycles. The van der Waals surface area contributed by atoms with Crippen molar-refractivity contribution in [3.63, 3.8) is 0 Å². The third-order valence-corrected chi connectivity index (χ3v) is 7.87. The third-order valence-electron chi connectivity index (χ3n) is 7.87. The fraction of sp³-hybridized carbons (Fsp3) is 0.273. The predicted molar refractivity (Wildman–Crippen MR) is 158 cm³/mol. The van der Waals surface area contributed by atoms with Crippen molar-refractivity contribution >= 4 is 29.1 Å². The van der Waals surface area contributed by atoms with Crippen molar-refractivity contribution in [3.05, 3.63) is 113 Å². The zero-order valence-corrected chi connectivity index (χ0v) is 23.2. The highest BCUT2D eigenvalue weighted by atomic mass is 16.7. The Morgan fingerprint density at radius 2 is 1.71 bits per heavy atom. The standard InChI is InChI=1S/C33H34N4O4/c1-3-22(2)32(40)37-21-33(20-29(37)31(34)39)19-28(36-41-33)25-15-10-16-26(17-25)35-30(38)18-27(23-11-6-4-7-12-23)24-13-8-5-9-14-24/h3-17,27,29H,18-21H2,1-2H3,(H2,34,39)(H,35,38)/b22-3+/t29-,33?/m0/s1. The molecule has 8 nitrogen and oxygen atoms in total. The molecule has 8 heteroatoms. The van der Waals surface area contributed by atoms with Crippen LogP contribution in [0, 0.1) is 0 Å². The van der Waals surface area contributed by atoms with Crippen LogP contribution in [0.1, 0.15) is 55.7 Å². The number of benzene rings is 3. The van der Waals surface area contributed by atoms with Gasteiger partial charge < -0.3 is 20.8 Å². The number of hydrogen-bond acceptors (Lipinski definition) is 5. The van der Waals surface area contributed by atoms with Gasteiger partial charge in [0.25, 0.3) is 0 Å². The molecule has 0 saturated carbocycles. The number of nitrogens with zero attached hydrogens (tertiary/aromatic N) is 2.